The molecule has 0 aliphatic heterocycles. The maximum atomic E-state index is 12.4. The molecule has 0 atom stereocenters. The Hall–Kier alpha value is -3.78. The van der Waals surface area contributed by atoms with E-state index in [9.17, 15) is 14.9 Å². The zero-order valence-electron chi connectivity index (χ0n) is 14.2. The number of amides is 1. The number of carbonyl (C=O) groups excluding carboxylic acids is 1. The molecule has 9 heteroatoms. The Labute approximate surface area is 162 Å². The number of rotatable bonds is 4. The third-order valence-corrected chi connectivity index (χ3v) is 4.33. The Morgan fingerprint density at radius 1 is 1.18 bits per heavy atom. The fraction of sp³-hybridized carbons (Fsp3) is 0. The van der Waals surface area contributed by atoms with Gasteiger partial charge >= 0.3 is 11.5 Å². The first-order valence-electron chi connectivity index (χ1n) is 8.14. The van der Waals surface area contributed by atoms with E-state index in [1.807, 2.05) is 12.1 Å². The van der Waals surface area contributed by atoms with Crippen molar-refractivity contribution < 1.29 is 19.1 Å². The first kappa shape index (κ1) is 17.6. The van der Waals surface area contributed by atoms with Crippen LogP contribution in [0.3, 0.4) is 0 Å². The molecule has 1 amide bonds. The second kappa shape index (κ2) is 7.09. The summed E-state index contributed by atoms with van der Waals surface area (Å²) in [7, 11) is 0. The highest BCUT2D eigenvalue weighted by Crippen LogP contribution is 2.26. The van der Waals surface area contributed by atoms with Crippen LogP contribution >= 0.6 is 11.6 Å². The molecular formula is C19H12ClN4O4+. The molecule has 2 N–H and O–H groups in total. The van der Waals surface area contributed by atoms with E-state index in [2.05, 4.69) is 15.3 Å². The zero-order valence-corrected chi connectivity index (χ0v) is 14.9. The molecule has 2 aromatic heterocycles. The Morgan fingerprint density at radius 2 is 1.96 bits per heavy atom. The topological polar surface area (TPSA) is 112 Å². The number of benzene rings is 2. The van der Waals surface area contributed by atoms with E-state index in [0.29, 0.717) is 22.8 Å². The van der Waals surface area contributed by atoms with E-state index in [4.69, 9.17) is 16.0 Å². The summed E-state index contributed by atoms with van der Waals surface area (Å²) in [6.45, 7) is 0. The van der Waals surface area contributed by atoms with Gasteiger partial charge < -0.3 is 9.73 Å². The van der Waals surface area contributed by atoms with Gasteiger partial charge in [-0.25, -0.2) is 4.98 Å². The number of nitro benzene ring substituents is 1. The molecule has 0 radical (unpaired) electrons. The minimum atomic E-state index is -0.633. The summed E-state index contributed by atoms with van der Waals surface area (Å²) < 4.78 is 5.69. The Bertz CT molecular complexity index is 1170. The molecule has 4 rings (SSSR count). The van der Waals surface area contributed by atoms with E-state index in [-0.39, 0.29) is 16.3 Å². The molecule has 138 valence electrons. The van der Waals surface area contributed by atoms with Crippen LogP contribution in [-0.4, -0.2) is 15.8 Å². The lowest BCUT2D eigenvalue weighted by molar-refractivity contribution is -0.384. The van der Waals surface area contributed by atoms with Crippen LogP contribution in [0, 0.1) is 10.1 Å². The smallest absolute Gasteiger partial charge is 0.368 e. The molecule has 2 aromatic carbocycles. The number of hydrogen-bond acceptors (Lipinski definition) is 5. The maximum Gasteiger partial charge on any atom is 0.368 e. The van der Waals surface area contributed by atoms with Gasteiger partial charge in [0.2, 0.25) is 5.58 Å². The number of oxazole rings is 1. The number of aromatic amines is 1. The van der Waals surface area contributed by atoms with Crippen LogP contribution in [0.15, 0.2) is 65.2 Å². The van der Waals surface area contributed by atoms with Gasteiger partial charge in [-0.1, -0.05) is 11.6 Å². The van der Waals surface area contributed by atoms with Crippen LogP contribution in [0.25, 0.3) is 22.7 Å². The van der Waals surface area contributed by atoms with Crippen molar-refractivity contribution in [2.75, 3.05) is 5.32 Å². The fourth-order valence-electron chi connectivity index (χ4n) is 2.63. The largest absolute Gasteiger partial charge is 0.411 e. The van der Waals surface area contributed by atoms with Gasteiger partial charge in [0.15, 0.2) is 0 Å². The van der Waals surface area contributed by atoms with Gasteiger partial charge in [0, 0.05) is 22.3 Å². The first-order valence-corrected chi connectivity index (χ1v) is 8.52. The number of fused-ring (bicyclic) bond motifs is 1. The molecule has 8 nitrogen and oxygen atoms in total. The van der Waals surface area contributed by atoms with Gasteiger partial charge in [0.1, 0.15) is 5.02 Å². The molecule has 0 fully saturated rings. The number of halogens is 1. The second-order valence-electron chi connectivity index (χ2n) is 5.86. The molecule has 0 saturated carbocycles. The fourth-order valence-corrected chi connectivity index (χ4v) is 2.81. The summed E-state index contributed by atoms with van der Waals surface area (Å²) in [5, 5.41) is 13.6. The van der Waals surface area contributed by atoms with Crippen molar-refractivity contribution in [2.45, 2.75) is 0 Å². The van der Waals surface area contributed by atoms with Crippen molar-refractivity contribution >= 4 is 40.1 Å². The molecule has 0 aliphatic carbocycles. The van der Waals surface area contributed by atoms with Gasteiger partial charge in [0.25, 0.3) is 11.6 Å². The number of pyridine rings is 1. The van der Waals surface area contributed by atoms with Crippen molar-refractivity contribution in [2.24, 2.45) is 0 Å². The normalized spacial score (nSPS) is 10.8. The van der Waals surface area contributed by atoms with Gasteiger partial charge in [-0.15, -0.1) is 0 Å². The minimum Gasteiger partial charge on any atom is -0.411 e. The van der Waals surface area contributed by atoms with E-state index >= 15 is 0 Å². The average molecular weight is 396 g/mol. The molecule has 4 aromatic rings. The summed E-state index contributed by atoms with van der Waals surface area (Å²) >= 11 is 5.77. The first-order chi connectivity index (χ1) is 13.5. The standard InChI is InChI=1S/C19H11ClN4O4/c20-14-8-5-12(10-15(14)24(26)27)18(25)22-13-6-3-11(4-7-13)19-23-17-16(28-19)2-1-9-21-17/h1-10H,(H,22,25)/p+1. The van der Waals surface area contributed by atoms with Crippen molar-refractivity contribution in [3.05, 3.63) is 81.5 Å². The predicted molar refractivity (Wildman–Crippen MR) is 102 cm³/mol. The highest BCUT2D eigenvalue weighted by Gasteiger charge is 2.18. The third-order valence-electron chi connectivity index (χ3n) is 4.01. The number of nitrogens with one attached hydrogen (secondary N) is 2. The maximum absolute atomic E-state index is 12.4. The van der Waals surface area contributed by atoms with Crippen molar-refractivity contribution in [1.29, 1.82) is 0 Å². The zero-order chi connectivity index (χ0) is 19.7. The molecule has 0 saturated heterocycles. The molecule has 2 heterocycles. The summed E-state index contributed by atoms with van der Waals surface area (Å²) in [5.74, 6) is -0.0346. The van der Waals surface area contributed by atoms with Crippen LogP contribution in [0.2, 0.25) is 5.02 Å². The van der Waals surface area contributed by atoms with Crippen molar-refractivity contribution in [3.8, 4) is 11.5 Å². The number of anilines is 1. The van der Waals surface area contributed by atoms with Crippen LogP contribution < -0.4 is 10.3 Å². The lowest BCUT2D eigenvalue weighted by Gasteiger charge is -2.06. The Balaban J connectivity index is 1.54. The second-order valence-corrected chi connectivity index (χ2v) is 6.26. The summed E-state index contributed by atoms with van der Waals surface area (Å²) in [6, 6.07) is 14.4. The SMILES string of the molecule is O=C(Nc1ccc(-c2nc3[nH+]cccc3o2)cc1)c1ccc(Cl)c([N+](=O)[O-])c1. The molecule has 0 spiro atoms. The summed E-state index contributed by atoms with van der Waals surface area (Å²) in [5.41, 5.74) is 2.35. The monoisotopic (exact) mass is 395 g/mol. The molecule has 0 aliphatic rings. The van der Waals surface area contributed by atoms with E-state index in [1.54, 1.807) is 30.5 Å². The van der Waals surface area contributed by atoms with E-state index in [0.717, 1.165) is 11.6 Å². The number of nitrogens with zero attached hydrogens (tertiary/aromatic N) is 2. The third kappa shape index (κ3) is 3.40. The summed E-state index contributed by atoms with van der Waals surface area (Å²) in [4.78, 5) is 30.1. The Kier molecular flexibility index (Phi) is 4.46. The molecule has 0 unspecified atom stereocenters. The highest BCUT2D eigenvalue weighted by atomic mass is 35.5. The van der Waals surface area contributed by atoms with Crippen LogP contribution in [-0.2, 0) is 0 Å². The van der Waals surface area contributed by atoms with Crippen LogP contribution in [0.1, 0.15) is 10.4 Å². The number of carbonyl (C=O) groups is 1. The minimum absolute atomic E-state index is 0.0264. The molecular weight excluding hydrogens is 384 g/mol. The van der Waals surface area contributed by atoms with Crippen LogP contribution in [0.4, 0.5) is 11.4 Å². The van der Waals surface area contributed by atoms with Gasteiger partial charge in [0.05, 0.1) is 16.7 Å². The number of nitro groups is 1. The van der Waals surface area contributed by atoms with E-state index < -0.39 is 10.8 Å². The average Bonchev–Trinajstić information content (AvgIpc) is 3.13. The van der Waals surface area contributed by atoms with Crippen molar-refractivity contribution in [1.82, 2.24) is 4.98 Å². The summed E-state index contributed by atoms with van der Waals surface area (Å²) in [6.07, 6.45) is 1.76. The lowest BCUT2D eigenvalue weighted by atomic mass is 10.1. The molecule has 0 bridgehead atoms. The quantitative estimate of drug-likeness (QED) is 0.412. The van der Waals surface area contributed by atoms with Gasteiger partial charge in [-0.2, -0.15) is 0 Å². The lowest BCUT2D eigenvalue weighted by Crippen LogP contribution is -2.12. The molecule has 28 heavy (non-hydrogen) atoms. The van der Waals surface area contributed by atoms with Gasteiger partial charge in [-0.05, 0) is 48.5 Å². The van der Waals surface area contributed by atoms with E-state index in [1.165, 1.54) is 12.1 Å². The van der Waals surface area contributed by atoms with Gasteiger partial charge in [-0.3, -0.25) is 14.9 Å². The van der Waals surface area contributed by atoms with Crippen molar-refractivity contribution in [3.63, 3.8) is 0 Å². The predicted octanol–water partition coefficient (Wildman–Crippen LogP) is 4.12. The highest BCUT2D eigenvalue weighted by molar-refractivity contribution is 6.32. The number of aromatic nitrogens is 2. The Morgan fingerprint density at radius 3 is 2.68 bits per heavy atom. The van der Waals surface area contributed by atoms with Crippen LogP contribution in [0.5, 0.6) is 0 Å². The number of H-pyrrole nitrogens is 1. The number of hydrogen-bond donors (Lipinski definition) is 1.